The Bertz CT molecular complexity index is 462. The molecule has 0 unspecified atom stereocenters. The first kappa shape index (κ1) is 17.1. The molecule has 0 radical (unpaired) electrons. The molecule has 1 aromatic heterocycles. The highest BCUT2D eigenvalue weighted by molar-refractivity contribution is 5.74. The van der Waals surface area contributed by atoms with Crippen LogP contribution in [-0.2, 0) is 6.54 Å². The van der Waals surface area contributed by atoms with Gasteiger partial charge in [-0.2, -0.15) is 13.2 Å². The van der Waals surface area contributed by atoms with Gasteiger partial charge in [0.25, 0.3) is 0 Å². The zero-order valence-electron chi connectivity index (χ0n) is 11.9. The first-order valence-electron chi connectivity index (χ1n) is 6.53. The number of hydrogen-bond donors (Lipinski definition) is 1. The number of amides is 2. The van der Waals surface area contributed by atoms with Crippen molar-refractivity contribution in [1.29, 1.82) is 0 Å². The fourth-order valence-corrected chi connectivity index (χ4v) is 1.63. The van der Waals surface area contributed by atoms with Crippen molar-refractivity contribution < 1.29 is 22.7 Å². The van der Waals surface area contributed by atoms with E-state index in [2.05, 4.69) is 15.0 Å². The van der Waals surface area contributed by atoms with Gasteiger partial charge in [-0.15, -0.1) is 0 Å². The smallest absolute Gasteiger partial charge is 0.422 e. The molecule has 1 heterocycles. The van der Waals surface area contributed by atoms with E-state index in [1.807, 2.05) is 13.8 Å². The molecule has 0 aliphatic rings. The Hall–Kier alpha value is -1.99. The molecule has 0 aliphatic carbocycles. The van der Waals surface area contributed by atoms with Crippen LogP contribution in [0, 0.1) is 0 Å². The molecule has 0 saturated heterocycles. The van der Waals surface area contributed by atoms with E-state index in [4.69, 9.17) is 0 Å². The summed E-state index contributed by atoms with van der Waals surface area (Å²) in [7, 11) is 0. The summed E-state index contributed by atoms with van der Waals surface area (Å²) in [5.74, 6) is -0.130. The molecular weight excluding hydrogens is 287 g/mol. The average molecular weight is 305 g/mol. The number of halogens is 3. The summed E-state index contributed by atoms with van der Waals surface area (Å²) in [6, 6.07) is 2.84. The van der Waals surface area contributed by atoms with E-state index in [-0.39, 0.29) is 18.5 Å². The zero-order valence-corrected chi connectivity index (χ0v) is 11.9. The van der Waals surface area contributed by atoms with Gasteiger partial charge in [-0.05, 0) is 19.9 Å². The van der Waals surface area contributed by atoms with E-state index in [0.717, 1.165) is 0 Å². The Labute approximate surface area is 121 Å². The minimum absolute atomic E-state index is 0.0519. The summed E-state index contributed by atoms with van der Waals surface area (Å²) >= 11 is 0. The van der Waals surface area contributed by atoms with E-state index >= 15 is 0 Å². The molecule has 1 N–H and O–H groups in total. The highest BCUT2D eigenvalue weighted by Crippen LogP contribution is 2.19. The Morgan fingerprint density at radius 1 is 1.38 bits per heavy atom. The third kappa shape index (κ3) is 5.88. The van der Waals surface area contributed by atoms with Crippen LogP contribution < -0.4 is 10.1 Å². The fourth-order valence-electron chi connectivity index (χ4n) is 1.63. The number of alkyl halides is 3. The van der Waals surface area contributed by atoms with Crippen LogP contribution >= 0.6 is 0 Å². The second kappa shape index (κ2) is 7.70. The Morgan fingerprint density at radius 3 is 2.62 bits per heavy atom. The third-order valence-corrected chi connectivity index (χ3v) is 2.70. The average Bonchev–Trinajstić information content (AvgIpc) is 2.44. The highest BCUT2D eigenvalue weighted by Gasteiger charge is 2.29. The lowest BCUT2D eigenvalue weighted by Crippen LogP contribution is -2.39. The zero-order chi connectivity index (χ0) is 15.9. The number of rotatable bonds is 6. The molecule has 0 saturated carbocycles. The van der Waals surface area contributed by atoms with Crippen LogP contribution in [-0.4, -0.2) is 41.8 Å². The van der Waals surface area contributed by atoms with Crippen LogP contribution in [0.1, 0.15) is 19.4 Å². The van der Waals surface area contributed by atoms with E-state index in [0.29, 0.717) is 18.7 Å². The second-order valence-corrected chi connectivity index (χ2v) is 4.20. The maximum Gasteiger partial charge on any atom is 0.422 e. The molecule has 1 aromatic rings. The predicted octanol–water partition coefficient (Wildman–Crippen LogP) is 2.57. The molecule has 0 spiro atoms. The van der Waals surface area contributed by atoms with Crippen LogP contribution in [0.4, 0.5) is 18.0 Å². The first-order valence-corrected chi connectivity index (χ1v) is 6.53. The Balaban J connectivity index is 2.65. The number of nitrogens with zero attached hydrogens (tertiary/aromatic N) is 2. The van der Waals surface area contributed by atoms with Crippen molar-refractivity contribution in [2.75, 3.05) is 19.7 Å². The molecule has 0 bridgehead atoms. The molecule has 1 rings (SSSR count). The SMILES string of the molecule is CCN(CC)C(=O)NCc1cccnc1OCC(F)(F)F. The summed E-state index contributed by atoms with van der Waals surface area (Å²) in [6.45, 7) is 3.41. The van der Waals surface area contributed by atoms with Crippen molar-refractivity contribution in [2.24, 2.45) is 0 Å². The number of pyridine rings is 1. The lowest BCUT2D eigenvalue weighted by Gasteiger charge is -2.19. The summed E-state index contributed by atoms with van der Waals surface area (Å²) < 4.78 is 41.1. The number of hydrogen-bond acceptors (Lipinski definition) is 3. The van der Waals surface area contributed by atoms with Crippen LogP contribution in [0.2, 0.25) is 0 Å². The number of carbonyl (C=O) groups excluding carboxylic acids is 1. The fraction of sp³-hybridized carbons (Fsp3) is 0.538. The quantitative estimate of drug-likeness (QED) is 0.879. The van der Waals surface area contributed by atoms with Crippen LogP contribution in [0.25, 0.3) is 0 Å². The molecule has 0 fully saturated rings. The largest absolute Gasteiger partial charge is 0.468 e. The van der Waals surface area contributed by atoms with Gasteiger partial charge in [0.15, 0.2) is 6.61 Å². The van der Waals surface area contributed by atoms with Gasteiger partial charge in [-0.1, -0.05) is 6.07 Å². The van der Waals surface area contributed by atoms with Crippen molar-refractivity contribution in [2.45, 2.75) is 26.6 Å². The monoisotopic (exact) mass is 305 g/mol. The Kier molecular flexibility index (Phi) is 6.26. The van der Waals surface area contributed by atoms with Crippen LogP contribution in [0.3, 0.4) is 0 Å². The third-order valence-electron chi connectivity index (χ3n) is 2.70. The van der Waals surface area contributed by atoms with Gasteiger partial charge in [0.2, 0.25) is 5.88 Å². The molecule has 2 amide bonds. The normalized spacial score (nSPS) is 11.1. The number of urea groups is 1. The van der Waals surface area contributed by atoms with Gasteiger partial charge < -0.3 is 15.0 Å². The molecule has 8 heteroatoms. The molecule has 0 aliphatic heterocycles. The molecule has 0 aromatic carbocycles. The van der Waals surface area contributed by atoms with E-state index in [1.165, 1.54) is 6.20 Å². The van der Waals surface area contributed by atoms with Crippen molar-refractivity contribution in [3.63, 3.8) is 0 Å². The van der Waals surface area contributed by atoms with Gasteiger partial charge in [0, 0.05) is 31.4 Å². The van der Waals surface area contributed by atoms with Gasteiger partial charge in [-0.25, -0.2) is 9.78 Å². The molecule has 21 heavy (non-hydrogen) atoms. The topological polar surface area (TPSA) is 54.5 Å². The number of ether oxygens (including phenoxy) is 1. The van der Waals surface area contributed by atoms with Gasteiger partial charge >= 0.3 is 12.2 Å². The number of aromatic nitrogens is 1. The van der Waals surface area contributed by atoms with Gasteiger partial charge in [-0.3, -0.25) is 0 Å². The lowest BCUT2D eigenvalue weighted by atomic mass is 10.2. The summed E-state index contributed by atoms with van der Waals surface area (Å²) in [6.07, 6.45) is -3.10. The Morgan fingerprint density at radius 2 is 2.05 bits per heavy atom. The summed E-state index contributed by atoms with van der Waals surface area (Å²) in [5.41, 5.74) is 0.391. The van der Waals surface area contributed by atoms with Crippen molar-refractivity contribution >= 4 is 6.03 Å². The van der Waals surface area contributed by atoms with Gasteiger partial charge in [0.1, 0.15) is 0 Å². The van der Waals surface area contributed by atoms with Crippen LogP contribution in [0.5, 0.6) is 5.88 Å². The maximum atomic E-state index is 12.2. The summed E-state index contributed by atoms with van der Waals surface area (Å²) in [4.78, 5) is 17.1. The van der Waals surface area contributed by atoms with Crippen molar-refractivity contribution in [3.8, 4) is 5.88 Å². The van der Waals surface area contributed by atoms with Crippen molar-refractivity contribution in [3.05, 3.63) is 23.9 Å². The molecule has 0 atom stereocenters. The number of carbonyl (C=O) groups is 1. The van der Waals surface area contributed by atoms with Crippen LogP contribution in [0.15, 0.2) is 18.3 Å². The van der Waals surface area contributed by atoms with E-state index in [1.54, 1.807) is 17.0 Å². The maximum absolute atomic E-state index is 12.2. The molecular formula is C13H18F3N3O2. The minimum atomic E-state index is -4.43. The number of nitrogens with one attached hydrogen (secondary N) is 1. The standard InChI is InChI=1S/C13H18F3N3O2/c1-3-19(4-2)12(20)18-8-10-6-5-7-17-11(10)21-9-13(14,15)16/h5-7H,3-4,8-9H2,1-2H3,(H,18,20). The molecule has 5 nitrogen and oxygen atoms in total. The summed E-state index contributed by atoms with van der Waals surface area (Å²) in [5, 5.41) is 2.62. The lowest BCUT2D eigenvalue weighted by molar-refractivity contribution is -0.154. The molecule has 118 valence electrons. The second-order valence-electron chi connectivity index (χ2n) is 4.20. The van der Waals surface area contributed by atoms with Gasteiger partial charge in [0.05, 0.1) is 0 Å². The van der Waals surface area contributed by atoms with Crippen molar-refractivity contribution in [1.82, 2.24) is 15.2 Å². The van der Waals surface area contributed by atoms with E-state index < -0.39 is 12.8 Å². The van der Waals surface area contributed by atoms with E-state index in [9.17, 15) is 18.0 Å². The first-order chi connectivity index (χ1) is 9.87. The minimum Gasteiger partial charge on any atom is -0.468 e. The highest BCUT2D eigenvalue weighted by atomic mass is 19.4. The predicted molar refractivity (Wildman–Crippen MR) is 70.9 cm³/mol.